The zero-order valence-corrected chi connectivity index (χ0v) is 13.4. The molecule has 0 aliphatic rings. The summed E-state index contributed by atoms with van der Waals surface area (Å²) in [7, 11) is 2.87. The minimum absolute atomic E-state index is 0.213. The Bertz CT molecular complexity index is 811. The molecule has 0 spiro atoms. The Morgan fingerprint density at radius 3 is 1.88 bits per heavy atom. The molecule has 2 aromatic carbocycles. The van der Waals surface area contributed by atoms with E-state index in [1.807, 2.05) is 5.43 Å². The molecule has 0 aromatic heterocycles. The third-order valence-electron chi connectivity index (χ3n) is 3.35. The van der Waals surface area contributed by atoms with Crippen molar-refractivity contribution in [3.8, 4) is 11.5 Å². The predicted octanol–water partition coefficient (Wildman–Crippen LogP) is 4.24. The molecule has 4 nitrogen and oxygen atoms in total. The van der Waals surface area contributed by atoms with Crippen LogP contribution in [-0.4, -0.2) is 19.9 Å². The van der Waals surface area contributed by atoms with Gasteiger partial charge in [-0.2, -0.15) is 5.10 Å². The fourth-order valence-electron chi connectivity index (χ4n) is 1.97. The van der Waals surface area contributed by atoms with Crippen LogP contribution in [0.2, 0.25) is 0 Å². The van der Waals surface area contributed by atoms with Crippen molar-refractivity contribution in [3.63, 3.8) is 0 Å². The van der Waals surface area contributed by atoms with Crippen molar-refractivity contribution in [2.75, 3.05) is 19.6 Å². The van der Waals surface area contributed by atoms with Gasteiger partial charge in [-0.1, -0.05) is 0 Å². The van der Waals surface area contributed by atoms with Crippen molar-refractivity contribution in [2.24, 2.45) is 5.10 Å². The molecular weight excluding hydrogens is 347 g/mol. The second kappa shape index (κ2) is 7.37. The number of methoxy groups -OCH3 is 2. The van der Waals surface area contributed by atoms with Crippen LogP contribution in [-0.2, 0) is 0 Å². The summed E-state index contributed by atoms with van der Waals surface area (Å²) >= 11 is 0. The Morgan fingerprint density at radius 1 is 0.840 bits per heavy atom. The summed E-state index contributed by atoms with van der Waals surface area (Å²) in [5.74, 6) is -9.51. The highest BCUT2D eigenvalue weighted by Crippen LogP contribution is 2.29. The maximum atomic E-state index is 13.6. The van der Waals surface area contributed by atoms with Crippen LogP contribution in [0.5, 0.6) is 11.5 Å². The van der Waals surface area contributed by atoms with Crippen LogP contribution in [0.3, 0.4) is 0 Å². The molecular formula is C16H13F5N2O2. The van der Waals surface area contributed by atoms with E-state index in [-0.39, 0.29) is 5.71 Å². The van der Waals surface area contributed by atoms with Crippen LogP contribution in [0.25, 0.3) is 0 Å². The maximum Gasteiger partial charge on any atom is 0.200 e. The van der Waals surface area contributed by atoms with Crippen molar-refractivity contribution >= 4 is 11.4 Å². The van der Waals surface area contributed by atoms with Crippen molar-refractivity contribution in [1.82, 2.24) is 0 Å². The van der Waals surface area contributed by atoms with Crippen LogP contribution >= 0.6 is 0 Å². The fourth-order valence-corrected chi connectivity index (χ4v) is 1.97. The highest BCUT2D eigenvalue weighted by atomic mass is 19.2. The van der Waals surface area contributed by atoms with Gasteiger partial charge in [0.1, 0.15) is 5.69 Å². The lowest BCUT2D eigenvalue weighted by Crippen LogP contribution is -2.08. The first-order valence-electron chi connectivity index (χ1n) is 6.85. The molecule has 0 amide bonds. The van der Waals surface area contributed by atoms with Crippen molar-refractivity contribution in [2.45, 2.75) is 6.92 Å². The van der Waals surface area contributed by atoms with E-state index in [9.17, 15) is 22.0 Å². The monoisotopic (exact) mass is 360 g/mol. The van der Waals surface area contributed by atoms with Crippen LogP contribution < -0.4 is 14.9 Å². The predicted molar refractivity (Wildman–Crippen MR) is 81.6 cm³/mol. The standard InChI is InChI=1S/C16H13F5N2O2/c1-7(8-4-5-9(24-2)10(6-8)25-3)22-23-16-14(20)12(18)11(17)13(19)15(16)21/h4-6,23H,1-3H3/b22-7-. The number of halogens is 5. The van der Waals surface area contributed by atoms with Gasteiger partial charge in [-0.15, -0.1) is 0 Å². The first-order chi connectivity index (χ1) is 11.8. The van der Waals surface area contributed by atoms with Gasteiger partial charge in [0.15, 0.2) is 34.8 Å². The number of hydrazone groups is 1. The summed E-state index contributed by atoms with van der Waals surface area (Å²) in [6, 6.07) is 4.70. The first-order valence-corrected chi connectivity index (χ1v) is 6.85. The molecule has 9 heteroatoms. The molecule has 0 bridgehead atoms. The van der Waals surface area contributed by atoms with Gasteiger partial charge in [-0.05, 0) is 25.1 Å². The van der Waals surface area contributed by atoms with E-state index in [4.69, 9.17) is 9.47 Å². The number of rotatable bonds is 5. The third kappa shape index (κ3) is 3.49. The fraction of sp³-hybridized carbons (Fsp3) is 0.188. The van der Waals surface area contributed by atoms with Gasteiger partial charge in [0.25, 0.3) is 0 Å². The molecule has 0 heterocycles. The van der Waals surface area contributed by atoms with Gasteiger partial charge in [0.05, 0.1) is 19.9 Å². The average molecular weight is 360 g/mol. The van der Waals surface area contributed by atoms with E-state index < -0.39 is 34.8 Å². The molecule has 0 atom stereocenters. The second-order valence-electron chi connectivity index (χ2n) is 4.82. The van der Waals surface area contributed by atoms with Crippen molar-refractivity contribution in [3.05, 3.63) is 52.8 Å². The van der Waals surface area contributed by atoms with Crippen molar-refractivity contribution < 1.29 is 31.4 Å². The van der Waals surface area contributed by atoms with Gasteiger partial charge in [-0.3, -0.25) is 5.43 Å². The van der Waals surface area contributed by atoms with Gasteiger partial charge in [0.2, 0.25) is 5.82 Å². The van der Waals surface area contributed by atoms with E-state index in [1.165, 1.54) is 27.2 Å². The number of nitrogens with one attached hydrogen (secondary N) is 1. The lowest BCUT2D eigenvalue weighted by Gasteiger charge is -2.10. The van der Waals surface area contributed by atoms with E-state index in [2.05, 4.69) is 5.10 Å². The number of anilines is 1. The highest BCUT2D eigenvalue weighted by Gasteiger charge is 2.25. The smallest absolute Gasteiger partial charge is 0.200 e. The summed E-state index contributed by atoms with van der Waals surface area (Å²) in [6.45, 7) is 1.47. The quantitative estimate of drug-likeness (QED) is 0.285. The van der Waals surface area contributed by atoms with E-state index in [0.717, 1.165) is 0 Å². The molecule has 0 saturated heterocycles. The molecule has 0 radical (unpaired) electrons. The van der Waals surface area contributed by atoms with Crippen molar-refractivity contribution in [1.29, 1.82) is 0 Å². The zero-order valence-electron chi connectivity index (χ0n) is 13.4. The molecule has 1 N–H and O–H groups in total. The van der Waals surface area contributed by atoms with E-state index >= 15 is 0 Å². The van der Waals surface area contributed by atoms with Gasteiger partial charge < -0.3 is 9.47 Å². The van der Waals surface area contributed by atoms with Gasteiger partial charge >= 0.3 is 0 Å². The number of nitrogens with zero attached hydrogens (tertiary/aromatic N) is 1. The Morgan fingerprint density at radius 2 is 1.36 bits per heavy atom. The Kier molecular flexibility index (Phi) is 5.45. The Hall–Kier alpha value is -2.84. The largest absolute Gasteiger partial charge is 0.493 e. The number of hydrogen-bond acceptors (Lipinski definition) is 4. The van der Waals surface area contributed by atoms with E-state index in [0.29, 0.717) is 17.1 Å². The third-order valence-corrected chi connectivity index (χ3v) is 3.35. The van der Waals surface area contributed by atoms with Gasteiger partial charge in [-0.25, -0.2) is 22.0 Å². The number of benzene rings is 2. The maximum absolute atomic E-state index is 13.6. The van der Waals surface area contributed by atoms with Gasteiger partial charge in [0, 0.05) is 5.56 Å². The molecule has 0 saturated carbocycles. The molecule has 0 unspecified atom stereocenters. The minimum Gasteiger partial charge on any atom is -0.493 e. The molecule has 0 aliphatic heterocycles. The SMILES string of the molecule is COc1ccc(/C(C)=N\Nc2c(F)c(F)c(F)c(F)c2F)cc1OC. The summed E-state index contributed by atoms with van der Waals surface area (Å²) in [5.41, 5.74) is 1.33. The zero-order chi connectivity index (χ0) is 18.7. The average Bonchev–Trinajstić information content (AvgIpc) is 2.63. The summed E-state index contributed by atoms with van der Waals surface area (Å²) in [5, 5.41) is 3.66. The summed E-state index contributed by atoms with van der Waals surface area (Å²) in [6.07, 6.45) is 0. The molecule has 134 valence electrons. The summed E-state index contributed by atoms with van der Waals surface area (Å²) in [4.78, 5) is 0. The molecule has 2 aromatic rings. The first kappa shape index (κ1) is 18.5. The van der Waals surface area contributed by atoms with Crippen LogP contribution in [0.4, 0.5) is 27.6 Å². The van der Waals surface area contributed by atoms with Crippen LogP contribution in [0.15, 0.2) is 23.3 Å². The second-order valence-corrected chi connectivity index (χ2v) is 4.82. The lowest BCUT2D eigenvalue weighted by atomic mass is 10.1. The topological polar surface area (TPSA) is 42.8 Å². The lowest BCUT2D eigenvalue weighted by molar-refractivity contribution is 0.355. The Balaban J connectivity index is 2.37. The number of ether oxygens (including phenoxy) is 2. The van der Waals surface area contributed by atoms with E-state index in [1.54, 1.807) is 12.1 Å². The molecule has 25 heavy (non-hydrogen) atoms. The number of hydrogen-bond donors (Lipinski definition) is 1. The molecule has 2 rings (SSSR count). The normalized spacial score (nSPS) is 11.4. The molecule has 0 aliphatic carbocycles. The molecule has 0 fully saturated rings. The minimum atomic E-state index is -2.24. The van der Waals surface area contributed by atoms with Crippen LogP contribution in [0, 0.1) is 29.1 Å². The van der Waals surface area contributed by atoms with Crippen LogP contribution in [0.1, 0.15) is 12.5 Å². The highest BCUT2D eigenvalue weighted by molar-refractivity contribution is 5.99. The Labute approximate surface area is 139 Å². The summed E-state index contributed by atoms with van der Waals surface area (Å²) < 4.78 is 76.7.